The summed E-state index contributed by atoms with van der Waals surface area (Å²) >= 11 is 0. The number of carbonyl (C=O) groups is 1. The molecule has 0 fully saturated rings. The number of nitrogens with two attached hydrogens (primary N) is 2. The number of nitrogens with one attached hydrogen (secondary N) is 1. The van der Waals surface area contributed by atoms with Crippen LogP contribution in [-0.4, -0.2) is 24.7 Å². The zero-order valence-corrected chi connectivity index (χ0v) is 13.2. The first-order valence-electron chi connectivity index (χ1n) is 6.90. The van der Waals surface area contributed by atoms with Crippen molar-refractivity contribution in [2.24, 2.45) is 11.5 Å². The molecule has 0 saturated carbocycles. The summed E-state index contributed by atoms with van der Waals surface area (Å²) in [5.41, 5.74) is 12.7. The molecule has 1 aromatic heterocycles. The van der Waals surface area contributed by atoms with Crippen LogP contribution in [0.25, 0.3) is 0 Å². The van der Waals surface area contributed by atoms with Gasteiger partial charge >= 0.3 is 0 Å². The molecule has 1 amide bonds. The molecule has 1 aromatic carbocycles. The molecule has 2 rings (SSSR count). The third-order valence-corrected chi connectivity index (χ3v) is 5.11. The summed E-state index contributed by atoms with van der Waals surface area (Å²) in [6, 6.07) is 9.40. The smallest absolute Gasteiger partial charge is 0.253 e. The highest BCUT2D eigenvalue weighted by atomic mass is 32.2. The molecule has 0 bridgehead atoms. The van der Waals surface area contributed by atoms with Gasteiger partial charge in [0.15, 0.2) is 5.37 Å². The Morgan fingerprint density at radius 3 is 2.26 bits per heavy atom. The number of pyridine rings is 1. The van der Waals surface area contributed by atoms with Crippen LogP contribution in [0.2, 0.25) is 0 Å². The van der Waals surface area contributed by atoms with Gasteiger partial charge in [0.05, 0.1) is 4.90 Å². The molecule has 1 heterocycles. The van der Waals surface area contributed by atoms with Crippen molar-refractivity contribution in [1.82, 2.24) is 10.3 Å². The highest BCUT2D eigenvalue weighted by Gasteiger charge is 2.30. The van der Waals surface area contributed by atoms with E-state index >= 15 is 0 Å². The Kier molecular flexibility index (Phi) is 5.43. The van der Waals surface area contributed by atoms with E-state index in [0.29, 0.717) is 6.54 Å². The van der Waals surface area contributed by atoms with E-state index in [4.69, 9.17) is 11.5 Å². The van der Waals surface area contributed by atoms with E-state index in [1.165, 1.54) is 12.1 Å². The summed E-state index contributed by atoms with van der Waals surface area (Å²) in [7, 11) is -3.96. The standard InChI is InChI=1S/C15H18N4O3S/c16-9-11-1-3-13(4-2-11)23(21,22)14(17)15(20)19-10-12-5-7-18-8-6-12/h1-8,14H,9-10,16-17H2,(H,19,20). The second kappa shape index (κ2) is 7.32. The van der Waals surface area contributed by atoms with Gasteiger partial charge in [-0.1, -0.05) is 12.1 Å². The average Bonchev–Trinajstić information content (AvgIpc) is 2.59. The summed E-state index contributed by atoms with van der Waals surface area (Å²) < 4.78 is 24.7. The SMILES string of the molecule is NCc1ccc(S(=O)(=O)C(N)C(=O)NCc2ccncc2)cc1. The van der Waals surface area contributed by atoms with Crippen LogP contribution in [-0.2, 0) is 27.7 Å². The maximum absolute atomic E-state index is 12.4. The van der Waals surface area contributed by atoms with Gasteiger partial charge in [-0.2, -0.15) is 0 Å². The van der Waals surface area contributed by atoms with Gasteiger partial charge in [0, 0.05) is 25.5 Å². The predicted octanol–water partition coefficient (Wildman–Crippen LogP) is -0.0848. The van der Waals surface area contributed by atoms with Gasteiger partial charge in [0.1, 0.15) is 0 Å². The Labute approximate surface area is 134 Å². The monoisotopic (exact) mass is 334 g/mol. The Balaban J connectivity index is 2.07. The first-order chi connectivity index (χ1) is 10.9. The van der Waals surface area contributed by atoms with Crippen molar-refractivity contribution in [3.05, 3.63) is 59.9 Å². The van der Waals surface area contributed by atoms with Crippen molar-refractivity contribution in [3.63, 3.8) is 0 Å². The van der Waals surface area contributed by atoms with Gasteiger partial charge in [-0.15, -0.1) is 0 Å². The van der Waals surface area contributed by atoms with Crippen molar-refractivity contribution < 1.29 is 13.2 Å². The normalized spacial score (nSPS) is 12.6. The number of hydrogen-bond acceptors (Lipinski definition) is 6. The second-order valence-electron chi connectivity index (χ2n) is 4.89. The zero-order chi connectivity index (χ0) is 16.9. The fourth-order valence-electron chi connectivity index (χ4n) is 1.89. The lowest BCUT2D eigenvalue weighted by molar-refractivity contribution is -0.120. The van der Waals surface area contributed by atoms with Crippen LogP contribution >= 0.6 is 0 Å². The topological polar surface area (TPSA) is 128 Å². The molecule has 1 atom stereocenters. The highest BCUT2D eigenvalue weighted by Crippen LogP contribution is 2.15. The Hall–Kier alpha value is -2.29. The number of sulfone groups is 1. The zero-order valence-electron chi connectivity index (χ0n) is 12.3. The summed E-state index contributed by atoms with van der Waals surface area (Å²) in [5, 5.41) is 0.833. The molecule has 122 valence electrons. The minimum Gasteiger partial charge on any atom is -0.350 e. The molecule has 0 radical (unpaired) electrons. The maximum Gasteiger partial charge on any atom is 0.253 e. The maximum atomic E-state index is 12.4. The Bertz CT molecular complexity index is 761. The van der Waals surface area contributed by atoms with Crippen LogP contribution in [0.3, 0.4) is 0 Å². The van der Waals surface area contributed by atoms with Crippen LogP contribution in [0.1, 0.15) is 11.1 Å². The third-order valence-electron chi connectivity index (χ3n) is 3.30. The lowest BCUT2D eigenvalue weighted by Crippen LogP contribution is -2.45. The van der Waals surface area contributed by atoms with Crippen LogP contribution < -0.4 is 16.8 Å². The van der Waals surface area contributed by atoms with Crippen LogP contribution in [0.4, 0.5) is 0 Å². The minimum atomic E-state index is -3.96. The van der Waals surface area contributed by atoms with Gasteiger partial charge in [-0.05, 0) is 35.4 Å². The molecule has 0 spiro atoms. The van der Waals surface area contributed by atoms with Crippen molar-refractivity contribution in [1.29, 1.82) is 0 Å². The first kappa shape index (κ1) is 17.1. The highest BCUT2D eigenvalue weighted by molar-refractivity contribution is 7.92. The molecule has 2 aromatic rings. The minimum absolute atomic E-state index is 0.0127. The second-order valence-corrected chi connectivity index (χ2v) is 6.96. The lowest BCUT2D eigenvalue weighted by Gasteiger charge is -2.13. The molecule has 8 heteroatoms. The van der Waals surface area contributed by atoms with E-state index < -0.39 is 21.1 Å². The number of amides is 1. The van der Waals surface area contributed by atoms with Gasteiger partial charge in [-0.25, -0.2) is 8.42 Å². The van der Waals surface area contributed by atoms with E-state index in [0.717, 1.165) is 11.1 Å². The van der Waals surface area contributed by atoms with Crippen molar-refractivity contribution >= 4 is 15.7 Å². The largest absolute Gasteiger partial charge is 0.350 e. The summed E-state index contributed by atoms with van der Waals surface area (Å²) in [5.74, 6) is -0.760. The van der Waals surface area contributed by atoms with E-state index in [1.807, 2.05) is 0 Å². The number of rotatable bonds is 6. The number of carbonyl (C=O) groups excluding carboxylic acids is 1. The molecular weight excluding hydrogens is 316 g/mol. The van der Waals surface area contributed by atoms with E-state index in [-0.39, 0.29) is 11.4 Å². The van der Waals surface area contributed by atoms with Crippen molar-refractivity contribution in [3.8, 4) is 0 Å². The number of aromatic nitrogens is 1. The lowest BCUT2D eigenvalue weighted by atomic mass is 10.2. The van der Waals surface area contributed by atoms with E-state index in [2.05, 4.69) is 10.3 Å². The predicted molar refractivity (Wildman–Crippen MR) is 85.6 cm³/mol. The molecule has 7 nitrogen and oxygen atoms in total. The molecule has 5 N–H and O–H groups in total. The van der Waals surface area contributed by atoms with E-state index in [9.17, 15) is 13.2 Å². The molecule has 0 aliphatic heterocycles. The van der Waals surface area contributed by atoms with Gasteiger partial charge in [0.2, 0.25) is 9.84 Å². The number of nitrogens with zero attached hydrogens (tertiary/aromatic N) is 1. The third kappa shape index (κ3) is 4.13. The molecule has 1 unspecified atom stereocenters. The Morgan fingerprint density at radius 2 is 1.70 bits per heavy atom. The van der Waals surface area contributed by atoms with Gasteiger partial charge in [0.25, 0.3) is 5.91 Å². The van der Waals surface area contributed by atoms with Crippen LogP contribution in [0.5, 0.6) is 0 Å². The molecule has 0 saturated heterocycles. The van der Waals surface area contributed by atoms with Crippen LogP contribution in [0.15, 0.2) is 53.7 Å². The van der Waals surface area contributed by atoms with Crippen molar-refractivity contribution in [2.75, 3.05) is 0 Å². The Morgan fingerprint density at radius 1 is 1.09 bits per heavy atom. The summed E-state index contributed by atoms with van der Waals surface area (Å²) in [4.78, 5) is 15.9. The van der Waals surface area contributed by atoms with E-state index in [1.54, 1.807) is 36.7 Å². The van der Waals surface area contributed by atoms with Crippen LogP contribution in [0, 0.1) is 0 Å². The quantitative estimate of drug-likeness (QED) is 0.677. The summed E-state index contributed by atoms with van der Waals surface area (Å²) in [6.45, 7) is 0.482. The van der Waals surface area contributed by atoms with Crippen molar-refractivity contribution in [2.45, 2.75) is 23.4 Å². The fourth-order valence-corrected chi connectivity index (χ4v) is 3.07. The summed E-state index contributed by atoms with van der Waals surface area (Å²) in [6.07, 6.45) is 3.16. The average molecular weight is 334 g/mol. The number of benzene rings is 1. The molecular formula is C15H18N4O3S. The first-order valence-corrected chi connectivity index (χ1v) is 8.45. The molecule has 0 aliphatic carbocycles. The number of hydrogen-bond donors (Lipinski definition) is 3. The van der Waals surface area contributed by atoms with Gasteiger partial charge in [-0.3, -0.25) is 9.78 Å². The fraction of sp³-hybridized carbons (Fsp3) is 0.200. The van der Waals surface area contributed by atoms with Gasteiger partial charge < -0.3 is 16.8 Å². The molecule has 0 aliphatic rings. The molecule has 23 heavy (non-hydrogen) atoms.